The predicted molar refractivity (Wildman–Crippen MR) is 143 cm³/mol. The first-order valence-electron chi connectivity index (χ1n) is 12.5. The first kappa shape index (κ1) is 26.1. The van der Waals surface area contributed by atoms with Crippen molar-refractivity contribution in [3.05, 3.63) is 53.5 Å². The monoisotopic (exact) mass is 539 g/mol. The number of likely N-dealkylation sites (tertiary alicyclic amines) is 1. The van der Waals surface area contributed by atoms with Crippen molar-refractivity contribution < 1.29 is 28.6 Å². The first-order chi connectivity index (χ1) is 18.1. The summed E-state index contributed by atoms with van der Waals surface area (Å²) < 4.78 is 28.6. The lowest BCUT2D eigenvalue weighted by Crippen LogP contribution is -2.39. The molecule has 8 nitrogen and oxygen atoms in total. The van der Waals surface area contributed by atoms with Gasteiger partial charge in [-0.1, -0.05) is 38.2 Å². The molecule has 0 spiro atoms. The van der Waals surface area contributed by atoms with Gasteiger partial charge in [-0.25, -0.2) is 14.2 Å². The second kappa shape index (κ2) is 9.99. The van der Waals surface area contributed by atoms with Crippen LogP contribution in [0.15, 0.2) is 36.5 Å². The van der Waals surface area contributed by atoms with Gasteiger partial charge in [0.05, 0.1) is 28.6 Å². The third kappa shape index (κ3) is 4.74. The Morgan fingerprint density at radius 3 is 2.68 bits per heavy atom. The molecule has 1 fully saturated rings. The molecular weight excluding hydrogens is 509 g/mol. The number of aromatic carboxylic acids is 1. The number of carboxylic acids is 1. The maximum absolute atomic E-state index is 15.4. The van der Waals surface area contributed by atoms with E-state index in [0.29, 0.717) is 29.4 Å². The van der Waals surface area contributed by atoms with Gasteiger partial charge in [0, 0.05) is 36.9 Å². The standard InChI is InChI=1S/C28H30FN3O5S/c1-28(2,3)26(35)31-9-5-6-21(31)16-7-8-17(19(29)12-16)20-15-32-22-14-23(37-11-10-36-4)18(25(33)34)13-24(22)38-27(32)30-20/h7-8,12-15,21H,5-6,9-11H2,1-4H3,(H,33,34). The van der Waals surface area contributed by atoms with E-state index in [9.17, 15) is 14.7 Å². The minimum atomic E-state index is -1.08. The molecule has 1 unspecified atom stereocenters. The topological polar surface area (TPSA) is 93.4 Å². The van der Waals surface area contributed by atoms with Gasteiger partial charge in [0.1, 0.15) is 23.7 Å². The Morgan fingerprint density at radius 1 is 1.21 bits per heavy atom. The minimum Gasteiger partial charge on any atom is -0.490 e. The normalized spacial score (nSPS) is 16.0. The molecule has 0 radical (unpaired) electrons. The first-order valence-corrected chi connectivity index (χ1v) is 13.3. The average Bonchev–Trinajstić information content (AvgIpc) is 3.57. The summed E-state index contributed by atoms with van der Waals surface area (Å²) in [6, 6.07) is 8.22. The van der Waals surface area contributed by atoms with E-state index in [-0.39, 0.29) is 29.9 Å². The highest BCUT2D eigenvalue weighted by Gasteiger charge is 2.36. The van der Waals surface area contributed by atoms with E-state index in [4.69, 9.17) is 9.47 Å². The number of fused-ring (bicyclic) bond motifs is 3. The molecule has 1 atom stereocenters. The second-order valence-corrected chi connectivity index (χ2v) is 11.5. The van der Waals surface area contributed by atoms with Gasteiger partial charge in [-0.15, -0.1) is 0 Å². The molecule has 4 aromatic rings. The van der Waals surface area contributed by atoms with Crippen LogP contribution in [0.25, 0.3) is 26.4 Å². The lowest BCUT2D eigenvalue weighted by atomic mass is 9.93. The van der Waals surface area contributed by atoms with Crippen LogP contribution in [0, 0.1) is 11.2 Å². The summed E-state index contributed by atoms with van der Waals surface area (Å²) >= 11 is 1.32. The summed E-state index contributed by atoms with van der Waals surface area (Å²) in [5, 5.41) is 9.63. The summed E-state index contributed by atoms with van der Waals surface area (Å²) in [6.45, 7) is 6.92. The number of benzene rings is 2. The van der Waals surface area contributed by atoms with Crippen LogP contribution in [0.4, 0.5) is 4.39 Å². The van der Waals surface area contributed by atoms with E-state index in [1.165, 1.54) is 17.4 Å². The number of ether oxygens (including phenoxy) is 2. The molecule has 0 saturated carbocycles. The van der Waals surface area contributed by atoms with Gasteiger partial charge >= 0.3 is 5.97 Å². The summed E-state index contributed by atoms with van der Waals surface area (Å²) in [5.41, 5.74) is 1.91. The summed E-state index contributed by atoms with van der Waals surface area (Å²) in [7, 11) is 1.54. The number of carbonyl (C=O) groups is 2. The van der Waals surface area contributed by atoms with Gasteiger partial charge in [-0.3, -0.25) is 9.20 Å². The number of carboxylic acid groups (broad SMARTS) is 1. The van der Waals surface area contributed by atoms with Crippen LogP contribution in [0.3, 0.4) is 0 Å². The molecule has 3 heterocycles. The summed E-state index contributed by atoms with van der Waals surface area (Å²) in [6.07, 6.45) is 3.44. The molecule has 1 N–H and O–H groups in total. The minimum absolute atomic E-state index is 0.0610. The van der Waals surface area contributed by atoms with Crippen molar-refractivity contribution in [3.8, 4) is 17.0 Å². The van der Waals surface area contributed by atoms with Gasteiger partial charge in [0.15, 0.2) is 4.96 Å². The van der Waals surface area contributed by atoms with Crippen molar-refractivity contribution in [1.29, 1.82) is 0 Å². The molecule has 10 heteroatoms. The summed E-state index contributed by atoms with van der Waals surface area (Å²) in [5.74, 6) is -1.18. The van der Waals surface area contributed by atoms with Crippen molar-refractivity contribution in [1.82, 2.24) is 14.3 Å². The Labute approximate surface area is 223 Å². The predicted octanol–water partition coefficient (Wildman–Crippen LogP) is 5.79. The zero-order valence-corrected chi connectivity index (χ0v) is 22.6. The molecule has 5 rings (SSSR count). The molecule has 1 aliphatic heterocycles. The van der Waals surface area contributed by atoms with Crippen LogP contribution in [0.2, 0.25) is 0 Å². The van der Waals surface area contributed by atoms with E-state index in [2.05, 4.69) is 4.98 Å². The number of halogens is 1. The number of nitrogens with zero attached hydrogens (tertiary/aromatic N) is 3. The Morgan fingerprint density at radius 2 is 2.00 bits per heavy atom. The number of imidazole rings is 1. The third-order valence-corrected chi connectivity index (χ3v) is 7.80. The molecule has 0 bridgehead atoms. The molecule has 1 saturated heterocycles. The number of hydrogen-bond donors (Lipinski definition) is 1. The van der Waals surface area contributed by atoms with Gasteiger partial charge < -0.3 is 19.5 Å². The van der Waals surface area contributed by atoms with Crippen LogP contribution in [0.5, 0.6) is 5.75 Å². The third-order valence-electron chi connectivity index (χ3n) is 6.78. The van der Waals surface area contributed by atoms with Crippen LogP contribution < -0.4 is 4.74 Å². The SMILES string of the molecule is COCCOc1cc2c(cc1C(=O)O)sc1nc(-c3ccc(C4CCCN4C(=O)C(C)(C)C)cc3F)cn12. The van der Waals surface area contributed by atoms with E-state index in [0.717, 1.165) is 28.6 Å². The van der Waals surface area contributed by atoms with Crippen molar-refractivity contribution in [2.24, 2.45) is 5.41 Å². The quantitative estimate of drug-likeness (QED) is 0.299. The van der Waals surface area contributed by atoms with E-state index in [1.807, 2.05) is 36.1 Å². The van der Waals surface area contributed by atoms with Crippen LogP contribution in [0.1, 0.15) is 55.6 Å². The molecule has 1 amide bonds. The van der Waals surface area contributed by atoms with Gasteiger partial charge in [-0.2, -0.15) is 0 Å². The van der Waals surface area contributed by atoms with Crippen LogP contribution >= 0.6 is 11.3 Å². The maximum atomic E-state index is 15.4. The molecule has 2 aromatic carbocycles. The maximum Gasteiger partial charge on any atom is 0.339 e. The zero-order chi connectivity index (χ0) is 27.2. The van der Waals surface area contributed by atoms with Crippen molar-refractivity contribution in [3.63, 3.8) is 0 Å². The second-order valence-electron chi connectivity index (χ2n) is 10.5. The molecule has 200 valence electrons. The lowest BCUT2D eigenvalue weighted by molar-refractivity contribution is -0.140. The molecular formula is C28H30FN3O5S. The Hall–Kier alpha value is -3.50. The number of aromatic nitrogens is 2. The highest BCUT2D eigenvalue weighted by molar-refractivity contribution is 7.23. The van der Waals surface area contributed by atoms with E-state index in [1.54, 1.807) is 31.5 Å². The Balaban J connectivity index is 1.48. The average molecular weight is 540 g/mol. The molecule has 0 aliphatic carbocycles. The highest BCUT2D eigenvalue weighted by atomic mass is 32.1. The van der Waals surface area contributed by atoms with Gasteiger partial charge in [0.25, 0.3) is 0 Å². The van der Waals surface area contributed by atoms with Gasteiger partial charge in [-0.05, 0) is 36.6 Å². The fourth-order valence-corrected chi connectivity index (χ4v) is 5.94. The number of rotatable bonds is 7. The number of hydrogen-bond acceptors (Lipinski definition) is 6. The van der Waals surface area contributed by atoms with E-state index < -0.39 is 17.2 Å². The van der Waals surface area contributed by atoms with E-state index >= 15 is 4.39 Å². The van der Waals surface area contributed by atoms with Crippen LogP contribution in [-0.2, 0) is 9.53 Å². The Kier molecular flexibility index (Phi) is 6.87. The van der Waals surface area contributed by atoms with Crippen molar-refractivity contribution >= 4 is 38.4 Å². The number of thiazole rings is 1. The molecule has 38 heavy (non-hydrogen) atoms. The largest absolute Gasteiger partial charge is 0.490 e. The van der Waals surface area contributed by atoms with Crippen molar-refractivity contribution in [2.75, 3.05) is 26.9 Å². The molecule has 1 aliphatic rings. The highest BCUT2D eigenvalue weighted by Crippen LogP contribution is 2.38. The molecule has 2 aromatic heterocycles. The Bertz CT molecular complexity index is 1540. The number of methoxy groups -OCH3 is 1. The zero-order valence-electron chi connectivity index (χ0n) is 21.8. The fourth-order valence-electron chi connectivity index (χ4n) is 4.91. The summed E-state index contributed by atoms with van der Waals surface area (Å²) in [4.78, 5) is 31.8. The number of amides is 1. The number of carbonyl (C=O) groups excluding carboxylic acids is 1. The van der Waals surface area contributed by atoms with Crippen LogP contribution in [-0.4, -0.2) is 58.1 Å². The van der Waals surface area contributed by atoms with Crippen molar-refractivity contribution in [2.45, 2.75) is 39.7 Å². The fraction of sp³-hybridized carbons (Fsp3) is 0.393. The van der Waals surface area contributed by atoms with Gasteiger partial charge in [0.2, 0.25) is 5.91 Å². The smallest absolute Gasteiger partial charge is 0.339 e. The lowest BCUT2D eigenvalue weighted by Gasteiger charge is -2.31.